The van der Waals surface area contributed by atoms with Crippen LogP contribution in [0.2, 0.25) is 10.0 Å². The zero-order valence-corrected chi connectivity index (χ0v) is 24.5. The summed E-state index contributed by atoms with van der Waals surface area (Å²) in [6.07, 6.45) is 1.87. The van der Waals surface area contributed by atoms with E-state index in [0.29, 0.717) is 80.2 Å². The van der Waals surface area contributed by atoms with Gasteiger partial charge in [-0.1, -0.05) is 29.3 Å². The Morgan fingerprint density at radius 2 is 1.66 bits per heavy atom. The number of halogens is 2. The molecule has 8 nitrogen and oxygen atoms in total. The van der Waals surface area contributed by atoms with E-state index in [1.54, 1.807) is 29.2 Å². The van der Waals surface area contributed by atoms with Gasteiger partial charge in [-0.2, -0.15) is 0 Å². The van der Waals surface area contributed by atoms with E-state index in [1.807, 2.05) is 12.1 Å². The predicted molar refractivity (Wildman–Crippen MR) is 154 cm³/mol. The third-order valence-corrected chi connectivity index (χ3v) is 8.84. The number of hydrogen-bond donors (Lipinski definition) is 0. The molecule has 0 bridgehead atoms. The molecule has 11 heteroatoms. The number of benzene rings is 2. The van der Waals surface area contributed by atoms with Crippen LogP contribution in [0.25, 0.3) is 0 Å². The summed E-state index contributed by atoms with van der Waals surface area (Å²) in [6, 6.07) is 10.9. The number of rotatable bonds is 4. The van der Waals surface area contributed by atoms with Crippen LogP contribution in [-0.4, -0.2) is 88.9 Å². The Hall–Kier alpha value is -2.04. The monoisotopic (exact) mass is 582 g/mol. The first-order chi connectivity index (χ1) is 18.0. The average molecular weight is 584 g/mol. The molecule has 0 unspecified atom stereocenters. The lowest BCUT2D eigenvalue weighted by Gasteiger charge is -2.31. The molecular weight excluding hydrogens is 547 g/mol. The minimum absolute atomic E-state index is 0.133. The van der Waals surface area contributed by atoms with Crippen molar-refractivity contribution < 1.29 is 17.9 Å². The minimum atomic E-state index is -3.56. The summed E-state index contributed by atoms with van der Waals surface area (Å²) < 4.78 is 32.6. The zero-order chi connectivity index (χ0) is 27.4. The van der Waals surface area contributed by atoms with Gasteiger partial charge in [0, 0.05) is 62.4 Å². The molecule has 0 radical (unpaired) electrons. The molecule has 0 saturated carbocycles. The second-order valence-corrected chi connectivity index (χ2v) is 12.8. The molecule has 0 atom stereocenters. The number of morpholine rings is 1. The summed E-state index contributed by atoms with van der Waals surface area (Å²) in [4.78, 5) is 20.2. The molecule has 4 rings (SSSR count). The highest BCUT2D eigenvalue weighted by Gasteiger charge is 2.27. The van der Waals surface area contributed by atoms with Crippen LogP contribution in [0.1, 0.15) is 36.2 Å². The predicted octanol–water partition coefficient (Wildman–Crippen LogP) is 4.35. The van der Waals surface area contributed by atoms with E-state index in [0.717, 1.165) is 11.3 Å². The lowest BCUT2D eigenvalue weighted by atomic mass is 10.1. The van der Waals surface area contributed by atoms with Crippen molar-refractivity contribution in [3.05, 3.63) is 57.6 Å². The maximum absolute atomic E-state index is 14.0. The Labute approximate surface area is 236 Å². The number of carbonyl (C=O) groups is 1. The molecule has 2 aliphatic heterocycles. The van der Waals surface area contributed by atoms with E-state index in [9.17, 15) is 13.2 Å². The third-order valence-electron chi connectivity index (χ3n) is 7.10. The number of ether oxygens (including phenoxy) is 1. The Balaban J connectivity index is 1.73. The first-order valence-corrected chi connectivity index (χ1v) is 15.6. The van der Waals surface area contributed by atoms with Crippen LogP contribution in [0.5, 0.6) is 0 Å². The highest BCUT2D eigenvalue weighted by molar-refractivity contribution is 7.92. The molecule has 0 aromatic heterocycles. The van der Waals surface area contributed by atoms with Gasteiger partial charge < -0.3 is 14.5 Å². The number of amides is 1. The van der Waals surface area contributed by atoms with Crippen molar-refractivity contribution in [3.8, 4) is 0 Å². The highest BCUT2D eigenvalue weighted by Crippen LogP contribution is 2.31. The van der Waals surface area contributed by atoms with E-state index in [-0.39, 0.29) is 18.5 Å². The van der Waals surface area contributed by atoms with Crippen molar-refractivity contribution in [3.63, 3.8) is 0 Å². The van der Waals surface area contributed by atoms with Crippen molar-refractivity contribution in [2.45, 2.75) is 32.9 Å². The maximum Gasteiger partial charge on any atom is 0.254 e. The topological polar surface area (TPSA) is 73.4 Å². The fraction of sp³-hybridized carbons (Fsp3) is 0.519. The van der Waals surface area contributed by atoms with Crippen LogP contribution >= 0.6 is 23.2 Å². The number of nitrogens with zero attached hydrogens (tertiary/aromatic N) is 4. The molecule has 1 saturated heterocycles. The van der Waals surface area contributed by atoms with E-state index in [1.165, 1.54) is 10.6 Å². The minimum Gasteiger partial charge on any atom is -0.378 e. The third kappa shape index (κ3) is 6.93. The summed E-state index contributed by atoms with van der Waals surface area (Å²) in [5.74, 6) is -0.133. The van der Waals surface area contributed by atoms with Crippen LogP contribution in [-0.2, 0) is 21.3 Å². The summed E-state index contributed by atoms with van der Waals surface area (Å²) in [5, 5.41) is 1.04. The van der Waals surface area contributed by atoms with Crippen LogP contribution in [0.15, 0.2) is 36.4 Å². The summed E-state index contributed by atoms with van der Waals surface area (Å²) in [5.41, 5.74) is 2.60. The normalized spacial score (nSPS) is 18.3. The number of fused-ring (bicyclic) bond motifs is 1. The van der Waals surface area contributed by atoms with Gasteiger partial charge >= 0.3 is 0 Å². The molecule has 38 heavy (non-hydrogen) atoms. The summed E-state index contributed by atoms with van der Waals surface area (Å²) in [7, 11) is -3.56. The Morgan fingerprint density at radius 3 is 2.34 bits per heavy atom. The molecule has 0 N–H and O–H groups in total. The lowest BCUT2D eigenvalue weighted by Crippen LogP contribution is -2.41. The number of carbonyl (C=O) groups excluding carboxylic acids is 1. The fourth-order valence-corrected chi connectivity index (χ4v) is 6.39. The quantitative estimate of drug-likeness (QED) is 0.533. The molecule has 2 aromatic rings. The molecule has 1 amide bonds. The van der Waals surface area contributed by atoms with Gasteiger partial charge in [0.15, 0.2) is 0 Å². The van der Waals surface area contributed by atoms with E-state index in [2.05, 4.69) is 23.6 Å². The first-order valence-electron chi connectivity index (χ1n) is 13.0. The van der Waals surface area contributed by atoms with Gasteiger partial charge in [-0.05, 0) is 56.2 Å². The molecule has 2 aliphatic rings. The lowest BCUT2D eigenvalue weighted by molar-refractivity contribution is 0.0712. The van der Waals surface area contributed by atoms with E-state index < -0.39 is 10.0 Å². The van der Waals surface area contributed by atoms with Crippen molar-refractivity contribution in [2.75, 3.05) is 67.9 Å². The van der Waals surface area contributed by atoms with Gasteiger partial charge in [-0.25, -0.2) is 8.42 Å². The standard InChI is InChI=1S/C27H36Cl2N4O4S/c1-20(2)30-9-4-10-33(38(3,35)36)25-18-23(28)7-5-22(25)19-32(12-11-30)27(34)21-6-8-24(29)26(17-21)31-13-15-37-16-14-31/h5-8,17-18,20H,4,9-16,19H2,1-3H3. The van der Waals surface area contributed by atoms with Crippen LogP contribution < -0.4 is 9.21 Å². The molecule has 0 spiro atoms. The molecule has 1 fully saturated rings. The fourth-order valence-electron chi connectivity index (χ4n) is 5.00. The molecule has 208 valence electrons. The smallest absolute Gasteiger partial charge is 0.254 e. The Kier molecular flexibility index (Phi) is 9.47. The second kappa shape index (κ2) is 12.4. The molecule has 2 heterocycles. The molecular formula is C27H36Cl2N4O4S. The van der Waals surface area contributed by atoms with Gasteiger partial charge in [0.05, 0.1) is 35.9 Å². The van der Waals surface area contributed by atoms with Gasteiger partial charge in [-0.3, -0.25) is 14.0 Å². The number of hydrogen-bond acceptors (Lipinski definition) is 6. The first kappa shape index (κ1) is 29.0. The summed E-state index contributed by atoms with van der Waals surface area (Å²) >= 11 is 12.9. The SMILES string of the molecule is CC(C)N1CCCN(S(C)(=O)=O)c2cc(Cl)ccc2CN(C(=O)c2ccc(Cl)c(N3CCOCC3)c2)CC1. The van der Waals surface area contributed by atoms with Crippen LogP contribution in [0, 0.1) is 0 Å². The van der Waals surface area contributed by atoms with Gasteiger partial charge in [0.25, 0.3) is 5.91 Å². The van der Waals surface area contributed by atoms with Crippen molar-refractivity contribution >= 4 is 50.5 Å². The van der Waals surface area contributed by atoms with E-state index in [4.69, 9.17) is 27.9 Å². The zero-order valence-electron chi connectivity index (χ0n) is 22.2. The van der Waals surface area contributed by atoms with Gasteiger partial charge in [-0.15, -0.1) is 0 Å². The molecule has 2 aromatic carbocycles. The summed E-state index contributed by atoms with van der Waals surface area (Å²) in [6.45, 7) is 9.34. The second-order valence-electron chi connectivity index (χ2n) is 10.1. The van der Waals surface area contributed by atoms with Crippen molar-refractivity contribution in [2.24, 2.45) is 0 Å². The number of sulfonamides is 1. The van der Waals surface area contributed by atoms with Crippen LogP contribution in [0.3, 0.4) is 0 Å². The van der Waals surface area contributed by atoms with Crippen molar-refractivity contribution in [1.82, 2.24) is 9.80 Å². The average Bonchev–Trinajstić information content (AvgIpc) is 2.91. The van der Waals surface area contributed by atoms with Gasteiger partial charge in [0.1, 0.15) is 0 Å². The molecule has 0 aliphatic carbocycles. The Morgan fingerprint density at radius 1 is 0.921 bits per heavy atom. The van der Waals surface area contributed by atoms with Crippen molar-refractivity contribution in [1.29, 1.82) is 0 Å². The highest BCUT2D eigenvalue weighted by atomic mass is 35.5. The Bertz CT molecular complexity index is 1250. The maximum atomic E-state index is 14.0. The van der Waals surface area contributed by atoms with Gasteiger partial charge in [0.2, 0.25) is 10.0 Å². The largest absolute Gasteiger partial charge is 0.378 e. The van der Waals surface area contributed by atoms with E-state index >= 15 is 0 Å². The number of anilines is 2. The van der Waals surface area contributed by atoms with Crippen LogP contribution in [0.4, 0.5) is 11.4 Å².